The lowest BCUT2D eigenvalue weighted by atomic mass is 10.0. The van der Waals surface area contributed by atoms with Crippen LogP contribution in [0, 0.1) is 6.92 Å². The first-order chi connectivity index (χ1) is 11.1. The smallest absolute Gasteiger partial charge is 0.265 e. The summed E-state index contributed by atoms with van der Waals surface area (Å²) < 4.78 is 0. The lowest BCUT2D eigenvalue weighted by Gasteiger charge is -2.10. The number of rotatable bonds is 3. The van der Waals surface area contributed by atoms with Gasteiger partial charge in [0.15, 0.2) is 0 Å². The van der Waals surface area contributed by atoms with Crippen LogP contribution in [0.15, 0.2) is 48.5 Å². The van der Waals surface area contributed by atoms with E-state index in [-0.39, 0.29) is 5.91 Å². The first-order valence-corrected chi connectivity index (χ1v) is 7.64. The van der Waals surface area contributed by atoms with Crippen LogP contribution >= 0.6 is 0 Å². The van der Waals surface area contributed by atoms with Gasteiger partial charge in [0.05, 0.1) is 16.8 Å². The van der Waals surface area contributed by atoms with E-state index >= 15 is 0 Å². The number of hydrazine groups is 1. The molecule has 4 nitrogen and oxygen atoms in total. The molecule has 0 spiro atoms. The van der Waals surface area contributed by atoms with E-state index < -0.39 is 0 Å². The third kappa shape index (κ3) is 2.94. The maximum atomic E-state index is 12.2. The zero-order valence-electron chi connectivity index (χ0n) is 13.3. The van der Waals surface area contributed by atoms with Gasteiger partial charge in [-0.25, -0.2) is 10.8 Å². The molecule has 116 valence electrons. The minimum absolute atomic E-state index is 0.311. The summed E-state index contributed by atoms with van der Waals surface area (Å²) in [6.07, 6.45) is 0.992. The summed E-state index contributed by atoms with van der Waals surface area (Å²) >= 11 is 0. The van der Waals surface area contributed by atoms with Crippen molar-refractivity contribution >= 4 is 16.8 Å². The molecule has 0 fully saturated rings. The molecule has 23 heavy (non-hydrogen) atoms. The van der Waals surface area contributed by atoms with Gasteiger partial charge in [-0.15, -0.1) is 0 Å². The normalized spacial score (nSPS) is 10.7. The van der Waals surface area contributed by atoms with Crippen LogP contribution in [0.2, 0.25) is 0 Å². The van der Waals surface area contributed by atoms with Crippen LogP contribution in [0.5, 0.6) is 0 Å². The number of nitrogens with zero attached hydrogens (tertiary/aromatic N) is 1. The Morgan fingerprint density at radius 1 is 1.13 bits per heavy atom. The van der Waals surface area contributed by atoms with Crippen molar-refractivity contribution in [2.24, 2.45) is 5.84 Å². The zero-order chi connectivity index (χ0) is 16.4. The molecule has 3 N–H and O–H groups in total. The summed E-state index contributed by atoms with van der Waals surface area (Å²) in [5.74, 6) is 5.03. The van der Waals surface area contributed by atoms with Gasteiger partial charge in [0.2, 0.25) is 0 Å². The minimum Gasteiger partial charge on any atom is -0.290 e. The minimum atomic E-state index is -0.311. The van der Waals surface area contributed by atoms with Gasteiger partial charge in [-0.2, -0.15) is 0 Å². The molecular weight excluding hydrogens is 286 g/mol. The fourth-order valence-electron chi connectivity index (χ4n) is 2.66. The molecule has 0 saturated carbocycles. The van der Waals surface area contributed by atoms with Gasteiger partial charge in [-0.05, 0) is 37.1 Å². The van der Waals surface area contributed by atoms with Crippen molar-refractivity contribution in [1.29, 1.82) is 0 Å². The average Bonchev–Trinajstić information content (AvgIpc) is 2.60. The molecule has 0 bridgehead atoms. The molecule has 0 atom stereocenters. The first kappa shape index (κ1) is 15.2. The average molecular weight is 305 g/mol. The largest absolute Gasteiger partial charge is 0.290 e. The number of nitrogens with two attached hydrogens (primary N) is 1. The van der Waals surface area contributed by atoms with Gasteiger partial charge in [-0.1, -0.05) is 42.8 Å². The molecule has 0 aliphatic carbocycles. The highest BCUT2D eigenvalue weighted by Crippen LogP contribution is 2.26. The van der Waals surface area contributed by atoms with Crippen molar-refractivity contribution in [2.75, 3.05) is 0 Å². The van der Waals surface area contributed by atoms with E-state index in [0.717, 1.165) is 34.1 Å². The standard InChI is InChI=1S/C19H19N3O/c1-3-13-5-7-14(8-6-13)18-11-16(19(23)22-20)15-10-12(2)4-9-17(15)21-18/h4-11H,3,20H2,1-2H3,(H,22,23). The van der Waals surface area contributed by atoms with Crippen molar-refractivity contribution in [3.63, 3.8) is 0 Å². The Labute approximate surface area is 135 Å². The number of hydrogen-bond acceptors (Lipinski definition) is 3. The Hall–Kier alpha value is -2.72. The van der Waals surface area contributed by atoms with E-state index in [9.17, 15) is 4.79 Å². The third-order valence-electron chi connectivity index (χ3n) is 4.00. The molecule has 0 aliphatic heterocycles. The number of aromatic nitrogens is 1. The monoisotopic (exact) mass is 305 g/mol. The van der Waals surface area contributed by atoms with Crippen LogP contribution in [-0.4, -0.2) is 10.9 Å². The van der Waals surface area contributed by atoms with E-state index in [1.54, 1.807) is 6.07 Å². The van der Waals surface area contributed by atoms with Crippen LogP contribution < -0.4 is 11.3 Å². The quantitative estimate of drug-likeness (QED) is 0.443. The van der Waals surface area contributed by atoms with Gasteiger partial charge >= 0.3 is 0 Å². The number of fused-ring (bicyclic) bond motifs is 1. The molecule has 1 amide bonds. The van der Waals surface area contributed by atoms with Crippen LogP contribution in [0.4, 0.5) is 0 Å². The number of hydrogen-bond donors (Lipinski definition) is 2. The maximum Gasteiger partial charge on any atom is 0.265 e. The van der Waals surface area contributed by atoms with Crippen molar-refractivity contribution in [3.8, 4) is 11.3 Å². The Morgan fingerprint density at radius 2 is 1.87 bits per heavy atom. The molecule has 1 aromatic heterocycles. The van der Waals surface area contributed by atoms with Gasteiger partial charge in [0.1, 0.15) is 0 Å². The van der Waals surface area contributed by atoms with Gasteiger partial charge in [0, 0.05) is 10.9 Å². The number of nitrogens with one attached hydrogen (secondary N) is 1. The molecule has 4 heteroatoms. The Kier molecular flexibility index (Phi) is 4.08. The highest BCUT2D eigenvalue weighted by molar-refractivity contribution is 6.07. The number of carbonyl (C=O) groups is 1. The molecule has 2 aromatic carbocycles. The van der Waals surface area contributed by atoms with Gasteiger partial charge < -0.3 is 0 Å². The highest BCUT2D eigenvalue weighted by atomic mass is 16.2. The first-order valence-electron chi connectivity index (χ1n) is 7.64. The Morgan fingerprint density at radius 3 is 2.52 bits per heavy atom. The van der Waals surface area contributed by atoms with E-state index in [4.69, 9.17) is 10.8 Å². The predicted molar refractivity (Wildman–Crippen MR) is 92.9 cm³/mol. The van der Waals surface area contributed by atoms with E-state index in [1.807, 2.05) is 37.3 Å². The molecule has 0 unspecified atom stereocenters. The Bertz CT molecular complexity index is 870. The Balaban J connectivity index is 2.21. The summed E-state index contributed by atoms with van der Waals surface area (Å²) in [6, 6.07) is 15.9. The van der Waals surface area contributed by atoms with Crippen molar-refractivity contribution in [3.05, 3.63) is 65.2 Å². The molecule has 1 heterocycles. The van der Waals surface area contributed by atoms with Crippen molar-refractivity contribution in [2.45, 2.75) is 20.3 Å². The predicted octanol–water partition coefficient (Wildman–Crippen LogP) is 3.38. The highest BCUT2D eigenvalue weighted by Gasteiger charge is 2.13. The van der Waals surface area contributed by atoms with E-state index in [2.05, 4.69) is 24.5 Å². The fourth-order valence-corrected chi connectivity index (χ4v) is 2.66. The van der Waals surface area contributed by atoms with Gasteiger partial charge in [0.25, 0.3) is 5.91 Å². The van der Waals surface area contributed by atoms with E-state index in [0.29, 0.717) is 5.56 Å². The summed E-state index contributed by atoms with van der Waals surface area (Å²) in [4.78, 5) is 16.9. The van der Waals surface area contributed by atoms with Crippen LogP contribution in [0.1, 0.15) is 28.4 Å². The van der Waals surface area contributed by atoms with Crippen molar-refractivity contribution < 1.29 is 4.79 Å². The van der Waals surface area contributed by atoms with Crippen molar-refractivity contribution in [1.82, 2.24) is 10.4 Å². The number of carbonyl (C=O) groups excluding carboxylic acids is 1. The maximum absolute atomic E-state index is 12.2. The zero-order valence-corrected chi connectivity index (χ0v) is 13.3. The fraction of sp³-hybridized carbons (Fsp3) is 0.158. The lowest BCUT2D eigenvalue weighted by molar-refractivity contribution is 0.0955. The van der Waals surface area contributed by atoms with E-state index in [1.165, 1.54) is 5.56 Å². The second-order valence-electron chi connectivity index (χ2n) is 5.60. The number of aryl methyl sites for hydroxylation is 2. The topological polar surface area (TPSA) is 68.0 Å². The molecule has 3 rings (SSSR count). The number of pyridine rings is 1. The summed E-state index contributed by atoms with van der Waals surface area (Å²) in [7, 11) is 0. The molecule has 3 aromatic rings. The lowest BCUT2D eigenvalue weighted by Crippen LogP contribution is -2.30. The summed E-state index contributed by atoms with van der Waals surface area (Å²) in [6.45, 7) is 4.11. The number of amides is 1. The van der Waals surface area contributed by atoms with Gasteiger partial charge in [-0.3, -0.25) is 10.2 Å². The molecule has 0 aliphatic rings. The summed E-state index contributed by atoms with van der Waals surface area (Å²) in [5, 5.41) is 0.807. The molecular formula is C19H19N3O. The van der Waals surface area contributed by atoms with Crippen LogP contribution in [0.3, 0.4) is 0 Å². The second-order valence-corrected chi connectivity index (χ2v) is 5.60. The van der Waals surface area contributed by atoms with Crippen LogP contribution in [0.25, 0.3) is 22.2 Å². The number of nitrogen functional groups attached to an aromatic ring is 1. The second kappa shape index (κ2) is 6.18. The number of benzene rings is 2. The SMILES string of the molecule is CCc1ccc(-c2cc(C(=O)NN)c3cc(C)ccc3n2)cc1. The molecule has 0 radical (unpaired) electrons. The summed E-state index contributed by atoms with van der Waals surface area (Å²) in [5.41, 5.74) is 7.64. The third-order valence-corrected chi connectivity index (χ3v) is 4.00. The van der Waals surface area contributed by atoms with Crippen LogP contribution in [-0.2, 0) is 6.42 Å². The molecule has 0 saturated heterocycles.